The van der Waals surface area contributed by atoms with Crippen LogP contribution >= 0.6 is 0 Å². The quantitative estimate of drug-likeness (QED) is 0.602. The molecule has 0 aromatic rings. The Balaban J connectivity index is 2.45. The molecule has 3 heteroatoms. The van der Waals surface area contributed by atoms with Gasteiger partial charge >= 0.3 is 0 Å². The predicted octanol–water partition coefficient (Wildman–Crippen LogP) is 1.27. The molecule has 2 atom stereocenters. The monoisotopic (exact) mass is 158 g/mol. The van der Waals surface area contributed by atoms with Crippen LogP contribution < -0.4 is 0 Å². The van der Waals surface area contributed by atoms with E-state index >= 15 is 0 Å². The van der Waals surface area contributed by atoms with Gasteiger partial charge < -0.3 is 4.74 Å². The maximum atomic E-state index is 5.68. The lowest BCUT2D eigenvalue weighted by Crippen LogP contribution is -2.36. The molecule has 0 radical (unpaired) electrons. The van der Waals surface area contributed by atoms with Gasteiger partial charge in [-0.1, -0.05) is 13.3 Å². The van der Waals surface area contributed by atoms with E-state index in [0.717, 1.165) is 6.42 Å². The van der Waals surface area contributed by atoms with Crippen molar-refractivity contribution < 1.29 is 4.74 Å². The van der Waals surface area contributed by atoms with Gasteiger partial charge in [-0.2, -0.15) is 0 Å². The zero-order chi connectivity index (χ0) is 8.43. The summed E-state index contributed by atoms with van der Waals surface area (Å²) in [5.74, 6) is 0. The Kier molecular flexibility index (Phi) is 2.87. The van der Waals surface area contributed by atoms with Crippen molar-refractivity contribution >= 4 is 0 Å². The summed E-state index contributed by atoms with van der Waals surface area (Å²) in [5, 5.41) is 4.29. The molecule has 0 aromatic carbocycles. The maximum absolute atomic E-state index is 5.68. The molecule has 0 amide bonds. The number of ether oxygens (including phenoxy) is 1. The van der Waals surface area contributed by atoms with E-state index in [1.165, 1.54) is 6.42 Å². The van der Waals surface area contributed by atoms with E-state index in [2.05, 4.69) is 38.0 Å². The molecular formula is C8H18N2O. The lowest BCUT2D eigenvalue weighted by Gasteiger charge is -2.22. The fourth-order valence-electron chi connectivity index (χ4n) is 1.36. The average Bonchev–Trinajstić information content (AvgIpc) is 2.19. The molecule has 0 aliphatic carbocycles. The Labute approximate surface area is 68.9 Å². The molecule has 1 rings (SSSR count). The number of rotatable bonds is 2. The van der Waals surface area contributed by atoms with E-state index < -0.39 is 0 Å². The lowest BCUT2D eigenvalue weighted by atomic mass is 10.3. The fraction of sp³-hybridized carbons (Fsp3) is 1.00. The SMILES string of the molecule is CCCC1OC(C)N(C)N1C. The fourth-order valence-corrected chi connectivity index (χ4v) is 1.36. The van der Waals surface area contributed by atoms with Crippen LogP contribution in [-0.4, -0.2) is 36.6 Å². The molecular weight excluding hydrogens is 140 g/mol. The third-order valence-electron chi connectivity index (χ3n) is 2.33. The highest BCUT2D eigenvalue weighted by molar-refractivity contribution is 4.65. The van der Waals surface area contributed by atoms with Gasteiger partial charge in [0.15, 0.2) is 0 Å². The largest absolute Gasteiger partial charge is 0.343 e. The highest BCUT2D eigenvalue weighted by Crippen LogP contribution is 2.20. The predicted molar refractivity (Wildman–Crippen MR) is 44.8 cm³/mol. The standard InChI is InChI=1S/C8H18N2O/c1-5-6-8-10(4)9(3)7(2)11-8/h7-8H,5-6H2,1-4H3. The summed E-state index contributed by atoms with van der Waals surface area (Å²) in [6.45, 7) is 4.26. The normalized spacial score (nSPS) is 34.9. The van der Waals surface area contributed by atoms with Crippen LogP contribution in [0.25, 0.3) is 0 Å². The number of nitrogens with zero attached hydrogens (tertiary/aromatic N) is 2. The topological polar surface area (TPSA) is 15.7 Å². The van der Waals surface area contributed by atoms with Crippen molar-refractivity contribution in [2.75, 3.05) is 14.1 Å². The van der Waals surface area contributed by atoms with E-state index in [1.54, 1.807) is 0 Å². The summed E-state index contributed by atoms with van der Waals surface area (Å²) >= 11 is 0. The second kappa shape index (κ2) is 3.52. The van der Waals surface area contributed by atoms with Crippen LogP contribution in [0.2, 0.25) is 0 Å². The Morgan fingerprint density at radius 2 is 1.91 bits per heavy atom. The summed E-state index contributed by atoms with van der Waals surface area (Å²) in [4.78, 5) is 0. The molecule has 1 heterocycles. The van der Waals surface area contributed by atoms with E-state index in [9.17, 15) is 0 Å². The Morgan fingerprint density at radius 1 is 1.27 bits per heavy atom. The zero-order valence-electron chi connectivity index (χ0n) is 7.87. The summed E-state index contributed by atoms with van der Waals surface area (Å²) < 4.78 is 5.68. The smallest absolute Gasteiger partial charge is 0.125 e. The van der Waals surface area contributed by atoms with Crippen LogP contribution in [0, 0.1) is 0 Å². The van der Waals surface area contributed by atoms with E-state index in [-0.39, 0.29) is 6.23 Å². The van der Waals surface area contributed by atoms with Gasteiger partial charge in [0, 0.05) is 14.1 Å². The van der Waals surface area contributed by atoms with Crippen molar-refractivity contribution in [3.8, 4) is 0 Å². The minimum absolute atomic E-state index is 0.233. The summed E-state index contributed by atoms with van der Waals surface area (Å²) in [5.41, 5.74) is 0. The van der Waals surface area contributed by atoms with E-state index in [0.29, 0.717) is 6.23 Å². The molecule has 1 fully saturated rings. The first-order valence-electron chi connectivity index (χ1n) is 4.27. The molecule has 1 saturated heterocycles. The van der Waals surface area contributed by atoms with Crippen molar-refractivity contribution in [2.45, 2.75) is 39.1 Å². The molecule has 0 spiro atoms. The molecule has 66 valence electrons. The highest BCUT2D eigenvalue weighted by Gasteiger charge is 2.31. The number of hydrogen-bond donors (Lipinski definition) is 0. The summed E-state index contributed by atoms with van der Waals surface area (Å²) in [7, 11) is 4.13. The molecule has 0 saturated carbocycles. The molecule has 0 N–H and O–H groups in total. The van der Waals surface area contributed by atoms with Gasteiger partial charge in [-0.15, -0.1) is 0 Å². The van der Waals surface area contributed by atoms with Crippen molar-refractivity contribution in [3.63, 3.8) is 0 Å². The Morgan fingerprint density at radius 3 is 2.27 bits per heavy atom. The van der Waals surface area contributed by atoms with Crippen LogP contribution in [0.5, 0.6) is 0 Å². The molecule has 0 aromatic heterocycles. The molecule has 1 aliphatic rings. The van der Waals surface area contributed by atoms with Crippen molar-refractivity contribution in [1.82, 2.24) is 10.0 Å². The van der Waals surface area contributed by atoms with Crippen molar-refractivity contribution in [2.24, 2.45) is 0 Å². The highest BCUT2D eigenvalue weighted by atomic mass is 16.6. The van der Waals surface area contributed by atoms with Crippen LogP contribution in [0.1, 0.15) is 26.7 Å². The summed E-state index contributed by atoms with van der Waals surface area (Å²) in [6, 6.07) is 0. The van der Waals surface area contributed by atoms with Gasteiger partial charge in [-0.05, 0) is 13.3 Å². The molecule has 11 heavy (non-hydrogen) atoms. The van der Waals surface area contributed by atoms with Gasteiger partial charge in [0.25, 0.3) is 0 Å². The first-order chi connectivity index (χ1) is 5.16. The van der Waals surface area contributed by atoms with Crippen LogP contribution in [0.3, 0.4) is 0 Å². The van der Waals surface area contributed by atoms with Gasteiger partial charge in [-0.25, -0.2) is 10.0 Å². The third kappa shape index (κ3) is 1.72. The van der Waals surface area contributed by atoms with Gasteiger partial charge in [0.1, 0.15) is 12.5 Å². The van der Waals surface area contributed by atoms with Crippen LogP contribution in [0.15, 0.2) is 0 Å². The molecule has 0 bridgehead atoms. The molecule has 3 nitrogen and oxygen atoms in total. The van der Waals surface area contributed by atoms with Gasteiger partial charge in [0.2, 0.25) is 0 Å². The summed E-state index contributed by atoms with van der Waals surface area (Å²) in [6.07, 6.45) is 2.82. The molecule has 1 aliphatic heterocycles. The van der Waals surface area contributed by atoms with Gasteiger partial charge in [-0.3, -0.25) is 0 Å². The first kappa shape index (κ1) is 8.97. The average molecular weight is 158 g/mol. The van der Waals surface area contributed by atoms with E-state index in [4.69, 9.17) is 4.74 Å². The van der Waals surface area contributed by atoms with Crippen LogP contribution in [-0.2, 0) is 4.74 Å². The zero-order valence-corrected chi connectivity index (χ0v) is 7.87. The van der Waals surface area contributed by atoms with Crippen LogP contribution in [0.4, 0.5) is 0 Å². The van der Waals surface area contributed by atoms with Crippen molar-refractivity contribution in [1.29, 1.82) is 0 Å². The number of hydrazine groups is 1. The second-order valence-corrected chi connectivity index (χ2v) is 3.13. The minimum atomic E-state index is 0.233. The molecule has 2 unspecified atom stereocenters. The number of hydrogen-bond acceptors (Lipinski definition) is 3. The third-order valence-corrected chi connectivity index (χ3v) is 2.33. The second-order valence-electron chi connectivity index (χ2n) is 3.13. The minimum Gasteiger partial charge on any atom is -0.343 e. The Bertz CT molecular complexity index is 129. The Hall–Kier alpha value is -0.120. The van der Waals surface area contributed by atoms with E-state index in [1.807, 2.05) is 0 Å². The lowest BCUT2D eigenvalue weighted by molar-refractivity contribution is 0.00781. The maximum Gasteiger partial charge on any atom is 0.125 e. The van der Waals surface area contributed by atoms with Gasteiger partial charge in [0.05, 0.1) is 0 Å². The first-order valence-corrected chi connectivity index (χ1v) is 4.27. The van der Waals surface area contributed by atoms with Crippen molar-refractivity contribution in [3.05, 3.63) is 0 Å².